The molecule has 10 nitrogen and oxygen atoms in total. The van der Waals surface area contributed by atoms with Crippen molar-refractivity contribution in [2.24, 2.45) is 5.41 Å². The average molecular weight is 442 g/mol. The molecule has 0 bridgehead atoms. The fraction of sp³-hybridized carbons (Fsp3) is 0.800. The average Bonchev–Trinajstić information content (AvgIpc) is 2.73. The van der Waals surface area contributed by atoms with Gasteiger partial charge < -0.3 is 40.3 Å². The van der Waals surface area contributed by atoms with Gasteiger partial charge in [-0.3, -0.25) is 4.79 Å². The smallest absolute Gasteiger partial charge is 0.333 e. The van der Waals surface area contributed by atoms with Crippen LogP contribution in [0.4, 0.5) is 0 Å². The second kappa shape index (κ2) is 23.7. The van der Waals surface area contributed by atoms with Gasteiger partial charge in [-0.25, -0.2) is 4.79 Å². The summed E-state index contributed by atoms with van der Waals surface area (Å²) in [6, 6.07) is 0. The Morgan fingerprint density at radius 3 is 1.50 bits per heavy atom. The van der Waals surface area contributed by atoms with E-state index in [1.807, 2.05) is 0 Å². The zero-order chi connectivity index (χ0) is 24.8. The van der Waals surface area contributed by atoms with Crippen molar-refractivity contribution in [2.75, 3.05) is 52.7 Å². The lowest BCUT2D eigenvalue weighted by Gasteiger charge is -2.17. The molecule has 0 fully saturated rings. The molecule has 0 amide bonds. The molecule has 1 atom stereocenters. The highest BCUT2D eigenvalue weighted by molar-refractivity contribution is 5.86. The molecule has 0 aromatic heterocycles. The third kappa shape index (κ3) is 24.5. The van der Waals surface area contributed by atoms with E-state index in [-0.39, 0.29) is 19.8 Å². The van der Waals surface area contributed by atoms with E-state index in [1.165, 1.54) is 33.5 Å². The topological polar surface area (TPSA) is 168 Å². The minimum absolute atomic E-state index is 0.0473. The van der Waals surface area contributed by atoms with E-state index in [9.17, 15) is 9.59 Å². The van der Waals surface area contributed by atoms with Crippen LogP contribution >= 0.6 is 0 Å². The summed E-state index contributed by atoms with van der Waals surface area (Å²) < 4.78 is 4.46. The van der Waals surface area contributed by atoms with Crippen LogP contribution in [0.25, 0.3) is 0 Å². The maximum absolute atomic E-state index is 10.5. The number of rotatable bonds is 10. The zero-order valence-electron chi connectivity index (χ0n) is 19.3. The number of aliphatic hydroxyl groups excluding tert-OH is 5. The summed E-state index contributed by atoms with van der Waals surface area (Å²) in [5, 5.41) is 49.3. The summed E-state index contributed by atoms with van der Waals surface area (Å²) in [5.74, 6) is -1.64. The Balaban J connectivity index is -0.000000154. The number of hydrogen-bond acceptors (Lipinski definition) is 9. The van der Waals surface area contributed by atoms with Gasteiger partial charge in [0.25, 0.3) is 0 Å². The largest absolute Gasteiger partial charge is 0.481 e. The molecule has 0 saturated carbocycles. The van der Waals surface area contributed by atoms with E-state index in [2.05, 4.69) is 37.0 Å². The number of carbonyl (C=O) groups excluding carboxylic acids is 1. The molecule has 6 N–H and O–H groups in total. The van der Waals surface area contributed by atoms with E-state index < -0.39 is 36.7 Å². The maximum Gasteiger partial charge on any atom is 0.333 e. The molecule has 0 aliphatic carbocycles. The van der Waals surface area contributed by atoms with E-state index in [1.54, 1.807) is 6.92 Å². The van der Waals surface area contributed by atoms with Gasteiger partial charge in [-0.2, -0.15) is 0 Å². The van der Waals surface area contributed by atoms with Crippen molar-refractivity contribution < 1.29 is 45.0 Å². The van der Waals surface area contributed by atoms with Crippen LogP contribution in [0.1, 0.15) is 41.5 Å². The second-order valence-electron chi connectivity index (χ2n) is 6.47. The first-order chi connectivity index (χ1) is 13.9. The van der Waals surface area contributed by atoms with Crippen LogP contribution in [0.5, 0.6) is 0 Å². The van der Waals surface area contributed by atoms with Crippen molar-refractivity contribution in [1.29, 1.82) is 0 Å². The molecule has 182 valence electrons. The van der Waals surface area contributed by atoms with Gasteiger partial charge in [0.05, 0.1) is 32.5 Å². The molecule has 0 aliphatic rings. The predicted octanol–water partition coefficient (Wildman–Crippen LogP) is -0.132. The van der Waals surface area contributed by atoms with E-state index in [0.29, 0.717) is 5.57 Å². The van der Waals surface area contributed by atoms with Crippen molar-refractivity contribution >= 4 is 11.9 Å². The molecular weight excluding hydrogens is 398 g/mol. The fourth-order valence-electron chi connectivity index (χ4n) is 1.12. The summed E-state index contributed by atoms with van der Waals surface area (Å²) >= 11 is 0. The Bertz CT molecular complexity index is 415. The predicted molar refractivity (Wildman–Crippen MR) is 115 cm³/mol. The summed E-state index contributed by atoms with van der Waals surface area (Å²) in [4.78, 5) is 23.0. The number of esters is 1. The quantitative estimate of drug-likeness (QED) is 0.198. The van der Waals surface area contributed by atoms with Crippen LogP contribution in [0.3, 0.4) is 0 Å². The van der Waals surface area contributed by atoms with Crippen molar-refractivity contribution in [1.82, 2.24) is 4.90 Å². The molecule has 1 unspecified atom stereocenters. The highest BCUT2D eigenvalue weighted by Crippen LogP contribution is 2.12. The molecule has 0 radical (unpaired) electrons. The molecule has 0 aromatic carbocycles. The summed E-state index contributed by atoms with van der Waals surface area (Å²) in [6.45, 7) is 16.5. The highest BCUT2D eigenvalue weighted by Gasteiger charge is 2.31. The number of aliphatic carboxylic acids is 1. The van der Waals surface area contributed by atoms with Crippen LogP contribution in [0.2, 0.25) is 0 Å². The Labute approximate surface area is 180 Å². The van der Waals surface area contributed by atoms with Gasteiger partial charge in [0.15, 0.2) is 0 Å². The van der Waals surface area contributed by atoms with Crippen LogP contribution in [-0.4, -0.2) is 106 Å². The molecule has 10 heteroatoms. The number of nitrogens with zero attached hydrogens (tertiary/aromatic N) is 1. The zero-order valence-corrected chi connectivity index (χ0v) is 19.3. The number of hydrogen-bond donors (Lipinski definition) is 6. The Kier molecular flexibility index (Phi) is 28.3. The summed E-state index contributed by atoms with van der Waals surface area (Å²) in [7, 11) is 0. The van der Waals surface area contributed by atoms with Crippen molar-refractivity contribution in [2.45, 2.75) is 47.6 Å². The minimum atomic E-state index is -1.39. The summed E-state index contributed by atoms with van der Waals surface area (Å²) in [6.07, 6.45) is -0.560. The van der Waals surface area contributed by atoms with Crippen molar-refractivity contribution in [3.8, 4) is 0 Å². The first-order valence-corrected chi connectivity index (χ1v) is 9.76. The Morgan fingerprint density at radius 2 is 1.40 bits per heavy atom. The molecule has 0 aliphatic heterocycles. The molecule has 0 rings (SSSR count). The van der Waals surface area contributed by atoms with Gasteiger partial charge in [-0.1, -0.05) is 27.4 Å². The van der Waals surface area contributed by atoms with E-state index in [4.69, 9.17) is 30.6 Å². The minimum Gasteiger partial charge on any atom is -0.481 e. The molecular formula is C20H43NO9. The van der Waals surface area contributed by atoms with E-state index >= 15 is 0 Å². The van der Waals surface area contributed by atoms with Gasteiger partial charge >= 0.3 is 11.9 Å². The lowest BCUT2D eigenvalue weighted by molar-refractivity contribution is -0.153. The lowest BCUT2D eigenvalue weighted by Crippen LogP contribution is -2.35. The number of carboxylic acids is 1. The monoisotopic (exact) mass is 441 g/mol. The van der Waals surface area contributed by atoms with Gasteiger partial charge in [0.2, 0.25) is 0 Å². The standard InChI is InChI=1S/C6H15N.C6H10O3.C5H10O4.C3H8O2/c1-4-7(5-2)6-3;1-5(2)6(8)9-4-3-7;1-5(2-6,3-7)4(8)9;1-3(5)2-4/h4-6H2,1-3H3;7H,1,3-4H2,2H3;6-7H,2-3H2,1H3,(H,8,9);3-5H,2H2,1H3. The number of ether oxygens (including phenoxy) is 1. The normalized spacial score (nSPS) is 10.9. The third-order valence-corrected chi connectivity index (χ3v) is 3.49. The Morgan fingerprint density at radius 1 is 1.03 bits per heavy atom. The SMILES string of the molecule is C=C(C)C(=O)OCCO.CC(CO)(CO)C(=O)O.CC(O)CO.CCN(CC)CC. The van der Waals surface area contributed by atoms with Gasteiger partial charge in [-0.05, 0) is 40.4 Å². The first-order valence-electron chi connectivity index (χ1n) is 9.76. The van der Waals surface area contributed by atoms with Gasteiger partial charge in [0.1, 0.15) is 12.0 Å². The van der Waals surface area contributed by atoms with Gasteiger partial charge in [-0.15, -0.1) is 0 Å². The van der Waals surface area contributed by atoms with Crippen LogP contribution in [-0.2, 0) is 14.3 Å². The molecule has 0 saturated heterocycles. The molecule has 0 aromatic rings. The van der Waals surface area contributed by atoms with Crippen LogP contribution < -0.4 is 0 Å². The molecule has 0 spiro atoms. The molecule has 0 heterocycles. The van der Waals surface area contributed by atoms with Crippen molar-refractivity contribution in [3.63, 3.8) is 0 Å². The Hall–Kier alpha value is -1.56. The number of carboxylic acid groups (broad SMARTS) is 1. The lowest BCUT2D eigenvalue weighted by atomic mass is 9.94. The van der Waals surface area contributed by atoms with Crippen molar-refractivity contribution in [3.05, 3.63) is 12.2 Å². The van der Waals surface area contributed by atoms with Gasteiger partial charge in [0, 0.05) is 5.57 Å². The number of carbonyl (C=O) groups is 2. The van der Waals surface area contributed by atoms with Crippen LogP contribution in [0, 0.1) is 5.41 Å². The third-order valence-electron chi connectivity index (χ3n) is 3.49. The van der Waals surface area contributed by atoms with Crippen LogP contribution in [0.15, 0.2) is 12.2 Å². The fourth-order valence-corrected chi connectivity index (χ4v) is 1.12. The maximum atomic E-state index is 10.5. The number of aliphatic hydroxyl groups is 5. The molecule has 30 heavy (non-hydrogen) atoms. The highest BCUT2D eigenvalue weighted by atomic mass is 16.5. The second-order valence-corrected chi connectivity index (χ2v) is 6.47. The van der Waals surface area contributed by atoms with E-state index in [0.717, 1.165) is 0 Å². The first kappa shape index (κ1) is 35.9. The summed E-state index contributed by atoms with van der Waals surface area (Å²) in [5.41, 5.74) is -1.04.